The molecular formula is C21H12F5N3O3S2. The molecule has 1 N–H and O–H groups in total. The summed E-state index contributed by atoms with van der Waals surface area (Å²) in [7, 11) is -4.38. The van der Waals surface area contributed by atoms with Gasteiger partial charge in [-0.1, -0.05) is 18.2 Å². The van der Waals surface area contributed by atoms with Crippen molar-refractivity contribution < 1.29 is 34.9 Å². The smallest absolute Gasteiger partial charge is 0.281 e. The van der Waals surface area contributed by atoms with Crippen LogP contribution in [0, 0.1) is 0 Å². The van der Waals surface area contributed by atoms with Crippen LogP contribution in [0.1, 0.15) is 17.8 Å². The van der Waals surface area contributed by atoms with E-state index in [1.54, 1.807) is 24.3 Å². The molecule has 0 radical (unpaired) electrons. The van der Waals surface area contributed by atoms with Crippen molar-refractivity contribution >= 4 is 21.5 Å². The van der Waals surface area contributed by atoms with E-state index in [9.17, 15) is 34.9 Å². The van der Waals surface area contributed by atoms with Crippen molar-refractivity contribution in [2.45, 2.75) is 16.8 Å². The molecule has 34 heavy (non-hydrogen) atoms. The van der Waals surface area contributed by atoms with Gasteiger partial charge in [-0.15, -0.1) is 11.3 Å². The molecule has 3 aromatic heterocycles. The normalized spacial score (nSPS) is 12.3. The summed E-state index contributed by atoms with van der Waals surface area (Å²) in [5.74, 6) is -0.110. The van der Waals surface area contributed by atoms with Crippen molar-refractivity contribution in [3.63, 3.8) is 0 Å². The SMILES string of the molecule is O=S(=O)(O)c1ccc(-c2cccc(-c3nc(-c4ccc(C(F)(F)F)nc4)cc(C(F)F)n3)c2)s1. The van der Waals surface area contributed by atoms with E-state index in [1.165, 1.54) is 12.1 Å². The van der Waals surface area contributed by atoms with Gasteiger partial charge >= 0.3 is 16.3 Å². The van der Waals surface area contributed by atoms with Gasteiger partial charge in [0.15, 0.2) is 5.82 Å². The highest BCUT2D eigenvalue weighted by atomic mass is 32.3. The van der Waals surface area contributed by atoms with Crippen LogP contribution in [0.4, 0.5) is 22.0 Å². The number of hydrogen-bond acceptors (Lipinski definition) is 6. The average Bonchev–Trinajstić information content (AvgIpc) is 3.29. The molecule has 3 heterocycles. The molecule has 6 nitrogen and oxygen atoms in total. The molecule has 0 atom stereocenters. The molecule has 0 unspecified atom stereocenters. The lowest BCUT2D eigenvalue weighted by atomic mass is 10.1. The van der Waals surface area contributed by atoms with Crippen LogP contribution >= 0.6 is 11.3 Å². The summed E-state index contributed by atoms with van der Waals surface area (Å²) in [6.45, 7) is 0. The second-order valence-electron chi connectivity index (χ2n) is 6.91. The minimum absolute atomic E-state index is 0.0447. The highest BCUT2D eigenvalue weighted by Crippen LogP contribution is 2.34. The van der Waals surface area contributed by atoms with Crippen LogP contribution in [0.5, 0.6) is 0 Å². The molecule has 0 fully saturated rings. The molecular weight excluding hydrogens is 501 g/mol. The monoisotopic (exact) mass is 513 g/mol. The van der Waals surface area contributed by atoms with E-state index in [-0.39, 0.29) is 21.3 Å². The molecule has 0 saturated carbocycles. The van der Waals surface area contributed by atoms with Gasteiger partial charge < -0.3 is 0 Å². The molecule has 0 saturated heterocycles. The maximum absolute atomic E-state index is 13.5. The third-order valence-corrected chi connectivity index (χ3v) is 7.02. The van der Waals surface area contributed by atoms with Crippen molar-refractivity contribution in [3.05, 3.63) is 72.2 Å². The molecule has 1 aromatic carbocycles. The van der Waals surface area contributed by atoms with Crippen LogP contribution in [0.2, 0.25) is 0 Å². The summed E-state index contributed by atoms with van der Waals surface area (Å²) in [6.07, 6.45) is -6.73. The quantitative estimate of drug-likeness (QED) is 0.255. The summed E-state index contributed by atoms with van der Waals surface area (Å²) in [5, 5.41) is 0. The molecule has 13 heteroatoms. The van der Waals surface area contributed by atoms with Crippen molar-refractivity contribution in [2.75, 3.05) is 0 Å². The number of alkyl halides is 5. The number of hydrogen-bond donors (Lipinski definition) is 1. The standard InChI is InChI=1S/C21H12F5N3O3S2/c22-19(23)15-9-14(13-4-6-17(27-10-13)21(24,25)26)28-20(29-15)12-3-1-2-11(8-12)16-5-7-18(33-16)34(30,31)32/h1-10,19H,(H,30,31,32). The van der Waals surface area contributed by atoms with E-state index in [4.69, 9.17) is 0 Å². The Morgan fingerprint density at radius 3 is 2.24 bits per heavy atom. The molecule has 0 amide bonds. The Balaban J connectivity index is 1.77. The van der Waals surface area contributed by atoms with Gasteiger partial charge in [-0.05, 0) is 42.0 Å². The van der Waals surface area contributed by atoms with Gasteiger partial charge in [0.25, 0.3) is 6.43 Å². The number of aromatic nitrogens is 3. The Kier molecular flexibility index (Phi) is 6.18. The van der Waals surface area contributed by atoms with Crippen molar-refractivity contribution in [1.82, 2.24) is 15.0 Å². The number of nitrogens with zero attached hydrogens (tertiary/aromatic N) is 3. The number of rotatable bonds is 5. The van der Waals surface area contributed by atoms with E-state index >= 15 is 0 Å². The maximum atomic E-state index is 13.5. The van der Waals surface area contributed by atoms with Crippen molar-refractivity contribution in [2.24, 2.45) is 0 Å². The van der Waals surface area contributed by atoms with Gasteiger partial charge in [0.05, 0.1) is 5.69 Å². The zero-order chi connectivity index (χ0) is 24.7. The fourth-order valence-electron chi connectivity index (χ4n) is 2.99. The van der Waals surface area contributed by atoms with E-state index in [0.29, 0.717) is 16.0 Å². The summed E-state index contributed by atoms with van der Waals surface area (Å²) >= 11 is 0.809. The first kappa shape index (κ1) is 23.9. The Labute approximate surface area is 193 Å². The van der Waals surface area contributed by atoms with Gasteiger partial charge in [0.2, 0.25) is 0 Å². The Morgan fingerprint density at radius 2 is 1.65 bits per heavy atom. The third kappa shape index (κ3) is 5.11. The van der Waals surface area contributed by atoms with Crippen molar-refractivity contribution in [1.29, 1.82) is 0 Å². The number of halogens is 5. The van der Waals surface area contributed by atoms with Gasteiger partial charge in [0.1, 0.15) is 15.6 Å². The molecule has 4 rings (SSSR count). The number of benzene rings is 1. The van der Waals surface area contributed by atoms with E-state index in [0.717, 1.165) is 35.7 Å². The summed E-state index contributed by atoms with van der Waals surface area (Å²) in [6, 6.07) is 11.8. The fraction of sp³-hybridized carbons (Fsp3) is 0.0952. The molecule has 0 aliphatic heterocycles. The summed E-state index contributed by atoms with van der Waals surface area (Å²) in [4.78, 5) is 11.9. The first-order valence-corrected chi connectivity index (χ1v) is 11.6. The maximum Gasteiger partial charge on any atom is 0.433 e. The first-order chi connectivity index (χ1) is 15.9. The molecule has 0 aliphatic rings. The van der Waals surface area contributed by atoms with E-state index < -0.39 is 34.1 Å². The summed E-state index contributed by atoms with van der Waals surface area (Å²) < 4.78 is 96.9. The van der Waals surface area contributed by atoms with Crippen molar-refractivity contribution in [3.8, 4) is 33.1 Å². The lowest BCUT2D eigenvalue weighted by molar-refractivity contribution is -0.141. The van der Waals surface area contributed by atoms with Gasteiger partial charge in [0, 0.05) is 22.2 Å². The topological polar surface area (TPSA) is 93.0 Å². The van der Waals surface area contributed by atoms with Gasteiger partial charge in [-0.25, -0.2) is 18.7 Å². The predicted molar refractivity (Wildman–Crippen MR) is 114 cm³/mol. The Bertz CT molecular complexity index is 1450. The Hall–Kier alpha value is -3.29. The minimum atomic E-state index is -4.65. The number of pyridine rings is 1. The second kappa shape index (κ2) is 8.81. The van der Waals surface area contributed by atoms with E-state index in [1.807, 2.05) is 0 Å². The summed E-state index contributed by atoms with van der Waals surface area (Å²) in [5.41, 5.74) is -0.894. The van der Waals surface area contributed by atoms with Gasteiger partial charge in [-0.3, -0.25) is 9.54 Å². The molecule has 176 valence electrons. The van der Waals surface area contributed by atoms with Crippen LogP contribution in [0.25, 0.3) is 33.1 Å². The van der Waals surface area contributed by atoms with Crippen LogP contribution in [-0.2, 0) is 16.3 Å². The lowest BCUT2D eigenvalue weighted by Gasteiger charge is -2.10. The van der Waals surface area contributed by atoms with Crippen LogP contribution in [0.3, 0.4) is 0 Å². The molecule has 0 spiro atoms. The van der Waals surface area contributed by atoms with Crippen LogP contribution in [-0.4, -0.2) is 27.9 Å². The van der Waals surface area contributed by atoms with Crippen LogP contribution < -0.4 is 0 Å². The average molecular weight is 513 g/mol. The highest BCUT2D eigenvalue weighted by Gasteiger charge is 2.32. The minimum Gasteiger partial charge on any atom is -0.281 e. The van der Waals surface area contributed by atoms with Gasteiger partial charge in [-0.2, -0.15) is 21.6 Å². The number of thiophene rings is 1. The third-order valence-electron chi connectivity index (χ3n) is 4.56. The largest absolute Gasteiger partial charge is 0.433 e. The molecule has 4 aromatic rings. The van der Waals surface area contributed by atoms with Crippen LogP contribution in [0.15, 0.2) is 65.0 Å². The lowest BCUT2D eigenvalue weighted by Crippen LogP contribution is -2.07. The first-order valence-electron chi connectivity index (χ1n) is 9.31. The molecule has 0 bridgehead atoms. The Morgan fingerprint density at radius 1 is 0.912 bits per heavy atom. The highest BCUT2D eigenvalue weighted by molar-refractivity contribution is 7.88. The fourth-order valence-corrected chi connectivity index (χ4v) is 4.66. The second-order valence-corrected chi connectivity index (χ2v) is 9.64. The zero-order valence-corrected chi connectivity index (χ0v) is 18.3. The zero-order valence-electron chi connectivity index (χ0n) is 16.7. The predicted octanol–water partition coefficient (Wildman–Crippen LogP) is 6.14. The molecule has 0 aliphatic carbocycles. The van der Waals surface area contributed by atoms with E-state index in [2.05, 4.69) is 15.0 Å².